The Kier molecular flexibility index (Phi) is 4.15. The molecule has 0 amide bonds. The van der Waals surface area contributed by atoms with Crippen LogP contribution in [0.15, 0.2) is 18.2 Å². The number of hydrogen-bond acceptors (Lipinski definition) is 3. The van der Waals surface area contributed by atoms with Crippen LogP contribution in [0.4, 0.5) is 10.1 Å². The van der Waals surface area contributed by atoms with Gasteiger partial charge in [-0.2, -0.15) is 0 Å². The van der Waals surface area contributed by atoms with Crippen LogP contribution in [0, 0.1) is 5.82 Å². The molecule has 0 fully saturated rings. The normalized spacial score (nSPS) is 11.5. The minimum absolute atomic E-state index is 0.152. The van der Waals surface area contributed by atoms with Gasteiger partial charge in [0.1, 0.15) is 5.82 Å². The molecule has 0 heterocycles. The second-order valence-corrected chi connectivity index (χ2v) is 6.56. The van der Waals surface area contributed by atoms with Crippen molar-refractivity contribution < 1.29 is 12.8 Å². The zero-order valence-electron chi connectivity index (χ0n) is 9.07. The molecule has 0 unspecified atom stereocenters. The van der Waals surface area contributed by atoms with Crippen LogP contribution in [0.5, 0.6) is 0 Å². The van der Waals surface area contributed by atoms with Crippen LogP contribution in [0.2, 0.25) is 0 Å². The number of nitrogens with zero attached hydrogens (tertiary/aromatic N) is 1. The summed E-state index contributed by atoms with van der Waals surface area (Å²) in [5.74, 6) is -0.498. The van der Waals surface area contributed by atoms with E-state index in [0.717, 1.165) is 5.56 Å². The predicted octanol–water partition coefficient (Wildman–Crippen LogP) is 2.00. The summed E-state index contributed by atoms with van der Waals surface area (Å²) in [7, 11) is 5.16. The molecule has 0 aliphatic carbocycles. The number of rotatable bonds is 4. The topological polar surface area (TPSA) is 37.4 Å². The third-order valence-corrected chi connectivity index (χ3v) is 3.30. The fourth-order valence-corrected chi connectivity index (χ4v) is 2.09. The lowest BCUT2D eigenvalue weighted by atomic mass is 10.1. The van der Waals surface area contributed by atoms with Gasteiger partial charge in [-0.05, 0) is 24.1 Å². The van der Waals surface area contributed by atoms with Crippen molar-refractivity contribution in [2.45, 2.75) is 6.42 Å². The van der Waals surface area contributed by atoms with E-state index in [1.54, 1.807) is 25.1 Å². The Hall–Kier alpha value is -0.810. The zero-order chi connectivity index (χ0) is 12.3. The van der Waals surface area contributed by atoms with Crippen molar-refractivity contribution in [3.05, 3.63) is 29.6 Å². The van der Waals surface area contributed by atoms with Crippen molar-refractivity contribution in [3.8, 4) is 0 Å². The van der Waals surface area contributed by atoms with Crippen molar-refractivity contribution in [3.63, 3.8) is 0 Å². The SMILES string of the molecule is CN(C)c1cc(F)ccc1CCS(=O)(=O)Cl. The smallest absolute Gasteiger partial charge is 0.232 e. The molecular weight excluding hydrogens is 253 g/mol. The van der Waals surface area contributed by atoms with E-state index in [1.807, 2.05) is 0 Å². The van der Waals surface area contributed by atoms with Crippen LogP contribution >= 0.6 is 10.7 Å². The molecule has 1 aromatic carbocycles. The first-order valence-corrected chi connectivity index (χ1v) is 7.15. The Morgan fingerprint density at radius 1 is 1.38 bits per heavy atom. The van der Waals surface area contributed by atoms with E-state index in [2.05, 4.69) is 0 Å². The minimum atomic E-state index is -3.51. The molecule has 6 heteroatoms. The third-order valence-electron chi connectivity index (χ3n) is 2.14. The van der Waals surface area contributed by atoms with Crippen molar-refractivity contribution in [2.75, 3.05) is 24.7 Å². The van der Waals surface area contributed by atoms with Gasteiger partial charge >= 0.3 is 0 Å². The lowest BCUT2D eigenvalue weighted by Gasteiger charge is -2.17. The number of anilines is 1. The Labute approximate surface area is 99.2 Å². The first-order chi connectivity index (χ1) is 7.29. The summed E-state index contributed by atoms with van der Waals surface area (Å²) < 4.78 is 34.7. The van der Waals surface area contributed by atoms with E-state index < -0.39 is 9.05 Å². The standard InChI is InChI=1S/C10H13ClFNO2S/c1-13(2)10-7-9(12)4-3-8(10)5-6-16(11,14)15/h3-4,7H,5-6H2,1-2H3. The van der Waals surface area contributed by atoms with Crippen molar-refractivity contribution in [1.82, 2.24) is 0 Å². The summed E-state index contributed by atoms with van der Waals surface area (Å²) in [6.45, 7) is 0. The lowest BCUT2D eigenvalue weighted by Crippen LogP contribution is -2.13. The average molecular weight is 266 g/mol. The van der Waals surface area contributed by atoms with Gasteiger partial charge in [-0.15, -0.1) is 0 Å². The summed E-state index contributed by atoms with van der Waals surface area (Å²) in [5, 5.41) is 0. The van der Waals surface area contributed by atoms with Gasteiger partial charge in [0, 0.05) is 30.5 Å². The Morgan fingerprint density at radius 3 is 2.50 bits per heavy atom. The number of hydrogen-bond donors (Lipinski definition) is 0. The molecule has 0 atom stereocenters. The lowest BCUT2D eigenvalue weighted by molar-refractivity contribution is 0.608. The van der Waals surface area contributed by atoms with E-state index in [-0.39, 0.29) is 18.0 Å². The first kappa shape index (κ1) is 13.3. The van der Waals surface area contributed by atoms with Crippen molar-refractivity contribution >= 4 is 25.4 Å². The van der Waals surface area contributed by atoms with E-state index in [1.165, 1.54) is 12.1 Å². The maximum atomic E-state index is 13.0. The van der Waals surface area contributed by atoms with Gasteiger partial charge in [-0.25, -0.2) is 12.8 Å². The van der Waals surface area contributed by atoms with Crippen LogP contribution in [0.1, 0.15) is 5.56 Å². The minimum Gasteiger partial charge on any atom is -0.377 e. The number of aryl methyl sites for hydroxylation is 1. The molecule has 0 saturated heterocycles. The van der Waals surface area contributed by atoms with Gasteiger partial charge in [-0.1, -0.05) is 6.07 Å². The van der Waals surface area contributed by atoms with Crippen LogP contribution < -0.4 is 4.90 Å². The van der Waals surface area contributed by atoms with E-state index >= 15 is 0 Å². The summed E-state index contributed by atoms with van der Waals surface area (Å²) in [6, 6.07) is 4.26. The summed E-state index contributed by atoms with van der Waals surface area (Å²) >= 11 is 0. The van der Waals surface area contributed by atoms with Crippen LogP contribution in [0.3, 0.4) is 0 Å². The average Bonchev–Trinajstić information content (AvgIpc) is 2.14. The van der Waals surface area contributed by atoms with Gasteiger partial charge in [0.25, 0.3) is 0 Å². The highest BCUT2D eigenvalue weighted by molar-refractivity contribution is 8.13. The van der Waals surface area contributed by atoms with Gasteiger partial charge in [0.15, 0.2) is 0 Å². The third kappa shape index (κ3) is 3.98. The zero-order valence-corrected chi connectivity index (χ0v) is 10.6. The first-order valence-electron chi connectivity index (χ1n) is 4.67. The molecule has 0 radical (unpaired) electrons. The predicted molar refractivity (Wildman–Crippen MR) is 64.1 cm³/mol. The van der Waals surface area contributed by atoms with Gasteiger partial charge in [0.05, 0.1) is 5.75 Å². The van der Waals surface area contributed by atoms with E-state index in [4.69, 9.17) is 10.7 Å². The molecule has 90 valence electrons. The molecule has 1 rings (SSSR count). The molecule has 0 N–H and O–H groups in total. The maximum absolute atomic E-state index is 13.0. The molecule has 1 aromatic rings. The van der Waals surface area contributed by atoms with E-state index in [0.29, 0.717) is 5.69 Å². The second-order valence-electron chi connectivity index (χ2n) is 3.66. The fraction of sp³-hybridized carbons (Fsp3) is 0.400. The molecule has 0 aliphatic heterocycles. The molecule has 0 bridgehead atoms. The molecule has 0 spiro atoms. The monoisotopic (exact) mass is 265 g/mol. The van der Waals surface area contributed by atoms with Gasteiger partial charge < -0.3 is 4.90 Å². The Morgan fingerprint density at radius 2 is 2.00 bits per heavy atom. The molecule has 3 nitrogen and oxygen atoms in total. The molecular formula is C10H13ClFNO2S. The molecule has 0 aliphatic rings. The molecule has 0 aromatic heterocycles. The number of benzene rings is 1. The highest BCUT2D eigenvalue weighted by Gasteiger charge is 2.10. The summed E-state index contributed by atoms with van der Waals surface area (Å²) in [4.78, 5) is 1.74. The molecule has 16 heavy (non-hydrogen) atoms. The number of halogens is 2. The Bertz CT molecular complexity index is 474. The summed E-state index contributed by atoms with van der Waals surface area (Å²) in [6.07, 6.45) is 0.277. The quantitative estimate of drug-likeness (QED) is 0.782. The molecule has 0 saturated carbocycles. The van der Waals surface area contributed by atoms with Gasteiger partial charge in [0.2, 0.25) is 9.05 Å². The highest BCUT2D eigenvalue weighted by Crippen LogP contribution is 2.21. The van der Waals surface area contributed by atoms with Crippen LogP contribution in [-0.2, 0) is 15.5 Å². The van der Waals surface area contributed by atoms with Crippen molar-refractivity contribution in [2.24, 2.45) is 0 Å². The Balaban J connectivity index is 2.95. The van der Waals surface area contributed by atoms with Gasteiger partial charge in [-0.3, -0.25) is 0 Å². The van der Waals surface area contributed by atoms with E-state index in [9.17, 15) is 12.8 Å². The fourth-order valence-electron chi connectivity index (χ4n) is 1.40. The van der Waals surface area contributed by atoms with Crippen LogP contribution in [0.25, 0.3) is 0 Å². The summed E-state index contributed by atoms with van der Waals surface area (Å²) in [5.41, 5.74) is 1.43. The van der Waals surface area contributed by atoms with Crippen LogP contribution in [-0.4, -0.2) is 28.3 Å². The van der Waals surface area contributed by atoms with Crippen molar-refractivity contribution in [1.29, 1.82) is 0 Å². The maximum Gasteiger partial charge on any atom is 0.232 e. The second kappa shape index (κ2) is 5.01. The largest absolute Gasteiger partial charge is 0.377 e. The highest BCUT2D eigenvalue weighted by atomic mass is 35.7.